The second-order valence-corrected chi connectivity index (χ2v) is 6.74. The fraction of sp³-hybridized carbons (Fsp3) is 0.300. The van der Waals surface area contributed by atoms with Crippen molar-refractivity contribution in [2.24, 2.45) is 0 Å². The lowest BCUT2D eigenvalue weighted by atomic mass is 10.1. The molecule has 1 amide bonds. The smallest absolute Gasteiger partial charge is 0.276 e. The number of nitrogens with one attached hydrogen (secondary N) is 1. The molecule has 0 saturated carbocycles. The average Bonchev–Trinajstić information content (AvgIpc) is 2.12. The lowest BCUT2D eigenvalue weighted by Crippen LogP contribution is -2.27. The molecule has 6 heteroatoms. The summed E-state index contributed by atoms with van der Waals surface area (Å²) in [7, 11) is 0. The van der Waals surface area contributed by atoms with Gasteiger partial charge < -0.3 is 5.32 Å². The van der Waals surface area contributed by atoms with E-state index < -0.39 is 9.70 Å². The standard InChI is InChI=1S/C10H9Cl3INO/c1-5-3-7(4-6(2)8(5)14)15-9(16)10(11,12)13/h3-4H,1-2H3,(H,15,16). The molecule has 0 radical (unpaired) electrons. The largest absolute Gasteiger partial charge is 0.322 e. The fourth-order valence-corrected chi connectivity index (χ4v) is 1.67. The third kappa shape index (κ3) is 3.65. The molecule has 16 heavy (non-hydrogen) atoms. The number of amides is 1. The van der Waals surface area contributed by atoms with Gasteiger partial charge in [0.05, 0.1) is 0 Å². The minimum absolute atomic E-state index is 0.631. The van der Waals surface area contributed by atoms with Crippen LogP contribution in [0.25, 0.3) is 0 Å². The van der Waals surface area contributed by atoms with Gasteiger partial charge in [0.2, 0.25) is 0 Å². The Balaban J connectivity index is 2.96. The Bertz CT molecular complexity index is 406. The topological polar surface area (TPSA) is 29.1 Å². The van der Waals surface area contributed by atoms with Gasteiger partial charge in [0.25, 0.3) is 9.70 Å². The van der Waals surface area contributed by atoms with Gasteiger partial charge in [-0.1, -0.05) is 34.8 Å². The van der Waals surface area contributed by atoms with Crippen molar-refractivity contribution < 1.29 is 4.79 Å². The van der Waals surface area contributed by atoms with Crippen molar-refractivity contribution in [3.63, 3.8) is 0 Å². The highest BCUT2D eigenvalue weighted by Crippen LogP contribution is 2.28. The molecule has 0 aliphatic rings. The summed E-state index contributed by atoms with van der Waals surface area (Å²) in [5.41, 5.74) is 2.77. The lowest BCUT2D eigenvalue weighted by molar-refractivity contribution is -0.115. The highest BCUT2D eigenvalue weighted by atomic mass is 127. The van der Waals surface area contributed by atoms with Crippen LogP contribution in [0.5, 0.6) is 0 Å². The van der Waals surface area contributed by atoms with Crippen LogP contribution in [0.2, 0.25) is 0 Å². The Morgan fingerprint density at radius 1 is 1.25 bits per heavy atom. The first-order valence-corrected chi connectivity index (χ1v) is 6.58. The molecule has 1 rings (SSSR count). The molecule has 0 aliphatic carbocycles. The molecule has 1 N–H and O–H groups in total. The predicted octanol–water partition coefficient (Wildman–Crippen LogP) is 4.22. The average molecular weight is 392 g/mol. The molecule has 0 unspecified atom stereocenters. The quantitative estimate of drug-likeness (QED) is 0.563. The molecule has 0 fully saturated rings. The summed E-state index contributed by atoms with van der Waals surface area (Å²) < 4.78 is -0.783. The molecule has 88 valence electrons. The van der Waals surface area contributed by atoms with Crippen LogP contribution in [-0.2, 0) is 4.79 Å². The Kier molecular flexibility index (Phi) is 4.75. The van der Waals surface area contributed by atoms with Crippen LogP contribution in [-0.4, -0.2) is 9.70 Å². The number of halogens is 4. The molecule has 2 nitrogen and oxygen atoms in total. The zero-order valence-corrected chi connectivity index (χ0v) is 13.0. The Morgan fingerprint density at radius 3 is 2.06 bits per heavy atom. The number of carbonyl (C=O) groups is 1. The van der Waals surface area contributed by atoms with Crippen molar-refractivity contribution in [3.8, 4) is 0 Å². The van der Waals surface area contributed by atoms with Crippen LogP contribution in [0.1, 0.15) is 11.1 Å². The Hall–Kier alpha value is 0.290. The third-order valence-corrected chi connectivity index (χ3v) is 4.17. The summed E-state index contributed by atoms with van der Waals surface area (Å²) in [4.78, 5) is 11.4. The maximum Gasteiger partial charge on any atom is 0.276 e. The number of alkyl halides is 3. The van der Waals surface area contributed by atoms with Gasteiger partial charge in [-0.25, -0.2) is 0 Å². The monoisotopic (exact) mass is 391 g/mol. The number of benzene rings is 1. The summed E-state index contributed by atoms with van der Waals surface area (Å²) in [6, 6.07) is 3.67. The normalized spacial score (nSPS) is 11.4. The summed E-state index contributed by atoms with van der Waals surface area (Å²) >= 11 is 18.6. The molecular weight excluding hydrogens is 383 g/mol. The molecule has 0 saturated heterocycles. The van der Waals surface area contributed by atoms with Crippen molar-refractivity contribution in [2.45, 2.75) is 17.6 Å². The van der Waals surface area contributed by atoms with Gasteiger partial charge in [-0.05, 0) is 59.7 Å². The minimum atomic E-state index is -1.94. The van der Waals surface area contributed by atoms with E-state index in [1.165, 1.54) is 0 Å². The van der Waals surface area contributed by atoms with Crippen molar-refractivity contribution >= 4 is 69.0 Å². The molecule has 0 atom stereocenters. The minimum Gasteiger partial charge on any atom is -0.322 e. The zero-order chi connectivity index (χ0) is 12.5. The van der Waals surface area contributed by atoms with E-state index in [0.29, 0.717) is 5.69 Å². The van der Waals surface area contributed by atoms with Gasteiger partial charge in [-0.15, -0.1) is 0 Å². The highest BCUT2D eigenvalue weighted by Gasteiger charge is 2.30. The molecule has 1 aromatic carbocycles. The first kappa shape index (κ1) is 14.4. The van der Waals surface area contributed by atoms with E-state index >= 15 is 0 Å². The number of anilines is 1. The molecule has 0 bridgehead atoms. The second-order valence-electron chi connectivity index (χ2n) is 3.38. The third-order valence-electron chi connectivity index (χ3n) is 1.95. The van der Waals surface area contributed by atoms with Gasteiger partial charge in [-0.3, -0.25) is 4.79 Å². The number of hydrogen-bond acceptors (Lipinski definition) is 1. The van der Waals surface area contributed by atoms with Gasteiger partial charge in [-0.2, -0.15) is 0 Å². The zero-order valence-electron chi connectivity index (χ0n) is 8.57. The number of carbonyl (C=O) groups excluding carboxylic acids is 1. The summed E-state index contributed by atoms with van der Waals surface area (Å²) in [5, 5.41) is 2.55. The fourth-order valence-electron chi connectivity index (χ4n) is 1.22. The van der Waals surface area contributed by atoms with E-state index in [0.717, 1.165) is 14.7 Å². The van der Waals surface area contributed by atoms with Crippen LogP contribution in [0.3, 0.4) is 0 Å². The van der Waals surface area contributed by atoms with E-state index in [2.05, 4.69) is 27.9 Å². The van der Waals surface area contributed by atoms with Crippen LogP contribution in [0.4, 0.5) is 5.69 Å². The van der Waals surface area contributed by atoms with Crippen LogP contribution < -0.4 is 5.32 Å². The molecule has 0 aromatic heterocycles. The first-order valence-electron chi connectivity index (χ1n) is 4.36. The van der Waals surface area contributed by atoms with Crippen molar-refractivity contribution in [1.82, 2.24) is 0 Å². The summed E-state index contributed by atoms with van der Waals surface area (Å²) in [6.07, 6.45) is 0. The highest BCUT2D eigenvalue weighted by molar-refractivity contribution is 14.1. The Labute approximate surface area is 123 Å². The molecule has 0 aliphatic heterocycles. The van der Waals surface area contributed by atoms with E-state index in [1.54, 1.807) is 0 Å². The van der Waals surface area contributed by atoms with E-state index in [1.807, 2.05) is 26.0 Å². The molecule has 0 spiro atoms. The number of aryl methyl sites for hydroxylation is 2. The van der Waals surface area contributed by atoms with Crippen LogP contribution in [0.15, 0.2) is 12.1 Å². The summed E-state index contributed by atoms with van der Waals surface area (Å²) in [6.45, 7) is 3.92. The molecule has 1 aromatic rings. The van der Waals surface area contributed by atoms with Gasteiger partial charge >= 0.3 is 0 Å². The van der Waals surface area contributed by atoms with Gasteiger partial charge in [0.15, 0.2) is 0 Å². The Morgan fingerprint density at radius 2 is 1.69 bits per heavy atom. The van der Waals surface area contributed by atoms with Crippen molar-refractivity contribution in [3.05, 3.63) is 26.8 Å². The van der Waals surface area contributed by atoms with Crippen molar-refractivity contribution in [1.29, 1.82) is 0 Å². The van der Waals surface area contributed by atoms with E-state index in [9.17, 15) is 4.79 Å². The lowest BCUT2D eigenvalue weighted by Gasteiger charge is -2.13. The molecular formula is C10H9Cl3INO. The first-order chi connectivity index (χ1) is 7.21. The SMILES string of the molecule is Cc1cc(NC(=O)C(Cl)(Cl)Cl)cc(C)c1I. The van der Waals surface area contributed by atoms with Crippen LogP contribution >= 0.6 is 57.4 Å². The van der Waals surface area contributed by atoms with E-state index in [-0.39, 0.29) is 0 Å². The summed E-state index contributed by atoms with van der Waals surface area (Å²) in [5.74, 6) is -0.655. The maximum absolute atomic E-state index is 11.4. The number of rotatable bonds is 1. The van der Waals surface area contributed by atoms with Gasteiger partial charge in [0, 0.05) is 9.26 Å². The number of hydrogen-bond donors (Lipinski definition) is 1. The second kappa shape index (κ2) is 5.29. The molecule has 0 heterocycles. The maximum atomic E-state index is 11.4. The predicted molar refractivity (Wildman–Crippen MR) is 77.6 cm³/mol. The van der Waals surface area contributed by atoms with Crippen molar-refractivity contribution in [2.75, 3.05) is 5.32 Å². The van der Waals surface area contributed by atoms with E-state index in [4.69, 9.17) is 34.8 Å². The van der Waals surface area contributed by atoms with Crippen LogP contribution in [0, 0.1) is 17.4 Å². The van der Waals surface area contributed by atoms with Gasteiger partial charge in [0.1, 0.15) is 0 Å².